The first kappa shape index (κ1) is 19.7. The van der Waals surface area contributed by atoms with Crippen LogP contribution in [0.15, 0.2) is 30.5 Å². The molecule has 2 aliphatic heterocycles. The van der Waals surface area contributed by atoms with E-state index in [9.17, 15) is 10.1 Å². The lowest BCUT2D eigenvalue weighted by Gasteiger charge is -2.38. The number of hydrogen-bond acceptors (Lipinski definition) is 4. The van der Waals surface area contributed by atoms with Gasteiger partial charge in [0.15, 0.2) is 0 Å². The highest BCUT2D eigenvalue weighted by Crippen LogP contribution is 2.34. The lowest BCUT2D eigenvalue weighted by atomic mass is 9.83. The summed E-state index contributed by atoms with van der Waals surface area (Å²) in [6.07, 6.45) is 4.80. The number of amides is 2. The van der Waals surface area contributed by atoms with Gasteiger partial charge in [-0.3, -0.25) is 4.98 Å². The van der Waals surface area contributed by atoms with Gasteiger partial charge in [0, 0.05) is 36.6 Å². The second-order valence-corrected chi connectivity index (χ2v) is 8.68. The minimum Gasteiger partial charge on any atom is -0.335 e. The Morgan fingerprint density at radius 2 is 2.03 bits per heavy atom. The van der Waals surface area contributed by atoms with Crippen LogP contribution < -0.4 is 5.32 Å². The largest absolute Gasteiger partial charge is 0.335 e. The number of aromatic nitrogens is 1. The molecule has 2 unspecified atom stereocenters. The lowest BCUT2D eigenvalue weighted by molar-refractivity contribution is 0.150. The van der Waals surface area contributed by atoms with Crippen LogP contribution in [0.3, 0.4) is 0 Å². The molecule has 0 radical (unpaired) electrons. The molecule has 0 spiro atoms. The van der Waals surface area contributed by atoms with Crippen molar-refractivity contribution >= 4 is 16.9 Å². The van der Waals surface area contributed by atoms with Crippen molar-refractivity contribution in [3.8, 4) is 6.07 Å². The van der Waals surface area contributed by atoms with Gasteiger partial charge in [-0.05, 0) is 63.0 Å². The van der Waals surface area contributed by atoms with Gasteiger partial charge in [-0.15, -0.1) is 0 Å². The van der Waals surface area contributed by atoms with Crippen LogP contribution in [0.25, 0.3) is 10.9 Å². The predicted octanol–water partition coefficient (Wildman–Crippen LogP) is 3.34. The molecule has 6 heteroatoms. The van der Waals surface area contributed by atoms with E-state index in [0.717, 1.165) is 49.8 Å². The molecular formula is C23H29N5O. The molecular weight excluding hydrogens is 362 g/mol. The van der Waals surface area contributed by atoms with E-state index in [1.54, 1.807) is 6.20 Å². The molecule has 2 amide bonds. The van der Waals surface area contributed by atoms with Crippen molar-refractivity contribution in [2.45, 2.75) is 38.1 Å². The number of nitriles is 1. The highest BCUT2D eigenvalue weighted by molar-refractivity contribution is 5.87. The quantitative estimate of drug-likeness (QED) is 0.852. The zero-order valence-electron chi connectivity index (χ0n) is 17.3. The Morgan fingerprint density at radius 1 is 1.24 bits per heavy atom. The molecule has 6 nitrogen and oxygen atoms in total. The summed E-state index contributed by atoms with van der Waals surface area (Å²) in [4.78, 5) is 21.7. The number of nitrogens with one attached hydrogen (secondary N) is 1. The number of hydrogen-bond donors (Lipinski definition) is 1. The molecule has 3 heterocycles. The van der Waals surface area contributed by atoms with E-state index in [-0.39, 0.29) is 18.0 Å². The molecule has 29 heavy (non-hydrogen) atoms. The zero-order chi connectivity index (χ0) is 20.4. The Bertz CT molecular complexity index is 929. The summed E-state index contributed by atoms with van der Waals surface area (Å²) < 4.78 is 0. The Morgan fingerprint density at radius 3 is 2.79 bits per heavy atom. The second kappa shape index (κ2) is 8.38. The molecule has 0 saturated carbocycles. The number of carbonyl (C=O) groups is 1. The summed E-state index contributed by atoms with van der Waals surface area (Å²) in [5.74, 6) is 0.681. The monoisotopic (exact) mass is 391 g/mol. The first-order chi connectivity index (χ1) is 14.0. The van der Waals surface area contributed by atoms with E-state index >= 15 is 0 Å². The van der Waals surface area contributed by atoms with Gasteiger partial charge in [-0.1, -0.05) is 19.1 Å². The Hall–Kier alpha value is -2.65. The SMILES string of the molecule is CC1CC(c2ccc(C#N)c3ncccc23)CN(C(=O)NC2CCN(C)CC2)C1. The number of fused-ring (bicyclic) bond motifs is 1. The minimum atomic E-state index is 0.0622. The summed E-state index contributed by atoms with van der Waals surface area (Å²) in [5, 5.41) is 13.7. The van der Waals surface area contributed by atoms with Gasteiger partial charge >= 0.3 is 6.03 Å². The first-order valence-corrected chi connectivity index (χ1v) is 10.6. The first-order valence-electron chi connectivity index (χ1n) is 10.6. The van der Waals surface area contributed by atoms with E-state index in [0.29, 0.717) is 18.0 Å². The molecule has 1 aromatic carbocycles. The standard InChI is InChI=1S/C23H29N5O/c1-16-12-18(20-6-5-17(13-24)22-21(20)4-3-9-25-22)15-28(14-16)23(29)26-19-7-10-27(2)11-8-19/h3-6,9,16,18-19H,7-8,10-12,14-15H2,1-2H3,(H,26,29). The number of urea groups is 1. The van der Waals surface area contributed by atoms with Gasteiger partial charge in [0.2, 0.25) is 0 Å². The van der Waals surface area contributed by atoms with Crippen LogP contribution in [-0.2, 0) is 0 Å². The van der Waals surface area contributed by atoms with Crippen molar-refractivity contribution in [2.24, 2.45) is 5.92 Å². The van der Waals surface area contributed by atoms with Crippen molar-refractivity contribution in [1.82, 2.24) is 20.1 Å². The summed E-state index contributed by atoms with van der Waals surface area (Å²) in [7, 11) is 2.13. The third-order valence-corrected chi connectivity index (χ3v) is 6.36. The molecule has 152 valence electrons. The zero-order valence-corrected chi connectivity index (χ0v) is 17.3. The van der Waals surface area contributed by atoms with Crippen LogP contribution in [0.1, 0.15) is 43.2 Å². The summed E-state index contributed by atoms with van der Waals surface area (Å²) >= 11 is 0. The normalized spacial score (nSPS) is 23.7. The van der Waals surface area contributed by atoms with E-state index in [4.69, 9.17) is 0 Å². The van der Waals surface area contributed by atoms with Gasteiger partial charge in [-0.2, -0.15) is 5.26 Å². The molecule has 2 fully saturated rings. The molecule has 1 N–H and O–H groups in total. The molecule has 2 saturated heterocycles. The number of likely N-dealkylation sites (tertiary alicyclic amines) is 2. The third kappa shape index (κ3) is 4.20. The minimum absolute atomic E-state index is 0.0622. The number of rotatable bonds is 2. The Labute approximate surface area is 172 Å². The summed E-state index contributed by atoms with van der Waals surface area (Å²) in [5.41, 5.74) is 2.55. The van der Waals surface area contributed by atoms with Crippen LogP contribution in [0, 0.1) is 17.2 Å². The molecule has 2 aromatic rings. The fraction of sp³-hybridized carbons (Fsp3) is 0.522. The maximum Gasteiger partial charge on any atom is 0.317 e. The van der Waals surface area contributed by atoms with E-state index in [2.05, 4.69) is 41.3 Å². The number of benzene rings is 1. The average Bonchev–Trinajstić information content (AvgIpc) is 2.74. The summed E-state index contributed by atoms with van der Waals surface area (Å²) in [6.45, 7) is 5.79. The molecule has 4 rings (SSSR count). The van der Waals surface area contributed by atoms with Crippen molar-refractivity contribution in [2.75, 3.05) is 33.2 Å². The molecule has 0 aliphatic carbocycles. The van der Waals surface area contributed by atoms with Crippen molar-refractivity contribution in [1.29, 1.82) is 5.26 Å². The second-order valence-electron chi connectivity index (χ2n) is 8.68. The van der Waals surface area contributed by atoms with E-state index in [1.165, 1.54) is 5.56 Å². The fourth-order valence-corrected chi connectivity index (χ4v) is 4.80. The van der Waals surface area contributed by atoms with Crippen LogP contribution in [0.2, 0.25) is 0 Å². The highest BCUT2D eigenvalue weighted by Gasteiger charge is 2.31. The van der Waals surface area contributed by atoms with E-state index in [1.807, 2.05) is 23.1 Å². The Kier molecular flexibility index (Phi) is 5.68. The molecule has 1 aromatic heterocycles. The van der Waals surface area contributed by atoms with Crippen LogP contribution >= 0.6 is 0 Å². The van der Waals surface area contributed by atoms with E-state index < -0.39 is 0 Å². The van der Waals surface area contributed by atoms with Crippen LogP contribution in [0.5, 0.6) is 0 Å². The summed E-state index contributed by atoms with van der Waals surface area (Å²) in [6, 6.07) is 10.5. The molecule has 0 bridgehead atoms. The molecule has 2 atom stereocenters. The predicted molar refractivity (Wildman–Crippen MR) is 114 cm³/mol. The number of piperidine rings is 2. The average molecular weight is 392 g/mol. The van der Waals surface area contributed by atoms with Crippen LogP contribution in [-0.4, -0.2) is 60.1 Å². The van der Waals surface area contributed by atoms with Crippen LogP contribution in [0.4, 0.5) is 4.79 Å². The topological polar surface area (TPSA) is 72.3 Å². The van der Waals surface area contributed by atoms with Crippen molar-refractivity contribution < 1.29 is 4.79 Å². The van der Waals surface area contributed by atoms with Crippen molar-refractivity contribution in [3.05, 3.63) is 41.6 Å². The Balaban J connectivity index is 1.53. The number of pyridine rings is 1. The maximum absolute atomic E-state index is 13.0. The van der Waals surface area contributed by atoms with Gasteiger partial charge in [-0.25, -0.2) is 4.79 Å². The van der Waals surface area contributed by atoms with Gasteiger partial charge in [0.25, 0.3) is 0 Å². The molecule has 2 aliphatic rings. The number of nitrogens with zero attached hydrogens (tertiary/aromatic N) is 4. The fourth-order valence-electron chi connectivity index (χ4n) is 4.80. The van der Waals surface area contributed by atoms with Gasteiger partial charge < -0.3 is 15.1 Å². The van der Waals surface area contributed by atoms with Gasteiger partial charge in [0.1, 0.15) is 6.07 Å². The smallest absolute Gasteiger partial charge is 0.317 e. The van der Waals surface area contributed by atoms with Crippen molar-refractivity contribution in [3.63, 3.8) is 0 Å². The highest BCUT2D eigenvalue weighted by atomic mass is 16.2. The third-order valence-electron chi connectivity index (χ3n) is 6.36. The number of carbonyl (C=O) groups excluding carboxylic acids is 1. The lowest BCUT2D eigenvalue weighted by Crippen LogP contribution is -2.52. The van der Waals surface area contributed by atoms with Gasteiger partial charge in [0.05, 0.1) is 11.1 Å². The maximum atomic E-state index is 13.0.